The van der Waals surface area contributed by atoms with Crippen LogP contribution in [0.2, 0.25) is 0 Å². The first kappa shape index (κ1) is 15.9. The first-order valence-electron chi connectivity index (χ1n) is 6.61. The van der Waals surface area contributed by atoms with Gasteiger partial charge in [0.05, 0.1) is 22.8 Å². The van der Waals surface area contributed by atoms with Gasteiger partial charge in [0.15, 0.2) is 0 Å². The molecule has 0 saturated heterocycles. The number of nitrogens with one attached hydrogen (secondary N) is 1. The molecule has 0 fully saturated rings. The highest BCUT2D eigenvalue weighted by molar-refractivity contribution is 9.10. The zero-order valence-corrected chi connectivity index (χ0v) is 14.3. The first-order valence-corrected chi connectivity index (χ1v) is 8.28. The van der Waals surface area contributed by atoms with Gasteiger partial charge in [0, 0.05) is 9.85 Å². The summed E-state index contributed by atoms with van der Waals surface area (Å²) in [5.74, 6) is -0.150. The molecule has 2 rings (SSSR count). The Morgan fingerprint density at radius 2 is 2.10 bits per heavy atom. The number of nitrogens with zero attached hydrogens (tertiary/aromatic N) is 2. The number of carbonyl (C=O) groups excluding carboxylic acids is 1. The average Bonchev–Trinajstić information content (AvgIpc) is 2.86. The SMILES string of the molecule is CC/C(=N/NC(=O)Cc1csc(C)n1)c1ccc(Br)cc1. The van der Waals surface area contributed by atoms with E-state index in [1.165, 1.54) is 0 Å². The Hall–Kier alpha value is -1.53. The van der Waals surface area contributed by atoms with Gasteiger partial charge in [0.2, 0.25) is 5.91 Å². The summed E-state index contributed by atoms with van der Waals surface area (Å²) in [6, 6.07) is 7.87. The average molecular weight is 366 g/mol. The summed E-state index contributed by atoms with van der Waals surface area (Å²) in [6.07, 6.45) is 1.00. The molecule has 2 aromatic rings. The van der Waals surface area contributed by atoms with Gasteiger partial charge in [0.25, 0.3) is 0 Å². The maximum absolute atomic E-state index is 11.9. The summed E-state index contributed by atoms with van der Waals surface area (Å²) in [6.45, 7) is 3.93. The van der Waals surface area contributed by atoms with Crippen molar-refractivity contribution in [3.05, 3.63) is 50.4 Å². The van der Waals surface area contributed by atoms with Gasteiger partial charge in [-0.1, -0.05) is 35.0 Å². The Kier molecular flexibility index (Phi) is 5.64. The molecule has 21 heavy (non-hydrogen) atoms. The Morgan fingerprint density at radius 3 is 2.67 bits per heavy atom. The minimum absolute atomic E-state index is 0.150. The molecule has 1 aromatic heterocycles. The number of aryl methyl sites for hydroxylation is 1. The number of benzene rings is 1. The molecule has 0 aliphatic carbocycles. The molecule has 1 amide bonds. The maximum atomic E-state index is 11.9. The normalized spacial score (nSPS) is 11.5. The van der Waals surface area contributed by atoms with Crippen molar-refractivity contribution in [1.82, 2.24) is 10.4 Å². The monoisotopic (exact) mass is 365 g/mol. The summed E-state index contributed by atoms with van der Waals surface area (Å²) >= 11 is 4.94. The minimum Gasteiger partial charge on any atom is -0.273 e. The zero-order valence-electron chi connectivity index (χ0n) is 11.9. The number of rotatable bonds is 5. The molecule has 6 heteroatoms. The van der Waals surface area contributed by atoms with Crippen LogP contribution in [-0.4, -0.2) is 16.6 Å². The Morgan fingerprint density at radius 1 is 1.38 bits per heavy atom. The van der Waals surface area contributed by atoms with Crippen molar-refractivity contribution >= 4 is 38.9 Å². The van der Waals surface area contributed by atoms with Crippen LogP contribution in [0.5, 0.6) is 0 Å². The van der Waals surface area contributed by atoms with Gasteiger partial charge in [-0.25, -0.2) is 10.4 Å². The summed E-state index contributed by atoms with van der Waals surface area (Å²) in [7, 11) is 0. The van der Waals surface area contributed by atoms with Crippen LogP contribution in [0.4, 0.5) is 0 Å². The van der Waals surface area contributed by atoms with E-state index in [1.807, 2.05) is 43.5 Å². The standard InChI is InChI=1S/C15H16BrN3OS/c1-3-14(11-4-6-12(16)7-5-11)18-19-15(20)8-13-9-21-10(2)17-13/h4-7,9H,3,8H2,1-2H3,(H,19,20)/b18-14-. The van der Waals surface area contributed by atoms with Crippen molar-refractivity contribution in [3.8, 4) is 0 Å². The fraction of sp³-hybridized carbons (Fsp3) is 0.267. The van der Waals surface area contributed by atoms with Crippen molar-refractivity contribution < 1.29 is 4.79 Å². The Balaban J connectivity index is 2.00. The number of thiazole rings is 1. The molecule has 1 aromatic carbocycles. The van der Waals surface area contributed by atoms with Gasteiger partial charge in [-0.2, -0.15) is 5.10 Å². The third-order valence-electron chi connectivity index (χ3n) is 2.84. The van der Waals surface area contributed by atoms with Crippen LogP contribution >= 0.6 is 27.3 Å². The van der Waals surface area contributed by atoms with Crippen molar-refractivity contribution in [3.63, 3.8) is 0 Å². The van der Waals surface area contributed by atoms with E-state index in [9.17, 15) is 4.79 Å². The van der Waals surface area contributed by atoms with Gasteiger partial charge >= 0.3 is 0 Å². The van der Waals surface area contributed by atoms with Gasteiger partial charge in [-0.15, -0.1) is 11.3 Å². The van der Waals surface area contributed by atoms with E-state index in [0.29, 0.717) is 0 Å². The lowest BCUT2D eigenvalue weighted by Crippen LogP contribution is -2.22. The first-order chi connectivity index (χ1) is 10.1. The fourth-order valence-electron chi connectivity index (χ4n) is 1.81. The van der Waals surface area contributed by atoms with Crippen molar-refractivity contribution in [2.45, 2.75) is 26.7 Å². The largest absolute Gasteiger partial charge is 0.273 e. The maximum Gasteiger partial charge on any atom is 0.246 e. The number of halogens is 1. The molecular weight excluding hydrogens is 350 g/mol. The molecule has 110 valence electrons. The molecule has 4 nitrogen and oxygen atoms in total. The smallest absolute Gasteiger partial charge is 0.246 e. The second kappa shape index (κ2) is 7.47. The van der Waals surface area contributed by atoms with E-state index >= 15 is 0 Å². The Labute approximate surface area is 136 Å². The van der Waals surface area contributed by atoms with Gasteiger partial charge in [-0.3, -0.25) is 4.79 Å². The van der Waals surface area contributed by atoms with Crippen molar-refractivity contribution in [2.75, 3.05) is 0 Å². The number of aromatic nitrogens is 1. The van der Waals surface area contributed by atoms with Gasteiger partial charge in [0.1, 0.15) is 0 Å². The topological polar surface area (TPSA) is 54.4 Å². The second-order valence-electron chi connectivity index (χ2n) is 4.49. The zero-order chi connectivity index (χ0) is 15.2. The minimum atomic E-state index is -0.150. The van der Waals surface area contributed by atoms with Crippen LogP contribution in [0.15, 0.2) is 39.2 Å². The van der Waals surface area contributed by atoms with E-state index in [1.54, 1.807) is 11.3 Å². The van der Waals surface area contributed by atoms with Gasteiger partial charge in [-0.05, 0) is 31.0 Å². The third-order valence-corrected chi connectivity index (χ3v) is 4.19. The summed E-state index contributed by atoms with van der Waals surface area (Å²) in [4.78, 5) is 16.1. The molecule has 0 atom stereocenters. The second-order valence-corrected chi connectivity index (χ2v) is 6.47. The molecule has 0 aliphatic heterocycles. The number of hydrogen-bond donors (Lipinski definition) is 1. The highest BCUT2D eigenvalue weighted by Gasteiger charge is 2.07. The molecule has 0 aliphatic rings. The van der Waals surface area contributed by atoms with Crippen molar-refractivity contribution in [1.29, 1.82) is 0 Å². The number of carbonyl (C=O) groups is 1. The molecule has 1 N–H and O–H groups in total. The Bertz CT molecular complexity index is 649. The van der Waals surface area contributed by atoms with Crippen LogP contribution in [0.1, 0.15) is 29.6 Å². The highest BCUT2D eigenvalue weighted by Crippen LogP contribution is 2.12. The quantitative estimate of drug-likeness (QED) is 0.648. The van der Waals surface area contributed by atoms with E-state index in [2.05, 4.69) is 31.4 Å². The summed E-state index contributed by atoms with van der Waals surface area (Å²) in [5.41, 5.74) is 5.25. The summed E-state index contributed by atoms with van der Waals surface area (Å²) < 4.78 is 1.02. The molecule has 0 bridgehead atoms. The van der Waals surface area contributed by atoms with Gasteiger partial charge < -0.3 is 0 Å². The highest BCUT2D eigenvalue weighted by atomic mass is 79.9. The third kappa shape index (κ3) is 4.75. The number of hydrazone groups is 1. The van der Waals surface area contributed by atoms with E-state index in [4.69, 9.17) is 0 Å². The lowest BCUT2D eigenvalue weighted by Gasteiger charge is -2.05. The molecule has 0 spiro atoms. The fourth-order valence-corrected chi connectivity index (χ4v) is 2.69. The van der Waals surface area contributed by atoms with E-state index < -0.39 is 0 Å². The van der Waals surface area contributed by atoms with Crippen LogP contribution in [-0.2, 0) is 11.2 Å². The van der Waals surface area contributed by atoms with E-state index in [-0.39, 0.29) is 12.3 Å². The molecule has 0 unspecified atom stereocenters. The number of hydrogen-bond acceptors (Lipinski definition) is 4. The van der Waals surface area contributed by atoms with Crippen LogP contribution in [0.3, 0.4) is 0 Å². The molecule has 0 saturated carbocycles. The predicted octanol–water partition coefficient (Wildman–Crippen LogP) is 3.69. The number of amides is 1. The van der Waals surface area contributed by atoms with Crippen LogP contribution in [0, 0.1) is 6.92 Å². The van der Waals surface area contributed by atoms with Crippen LogP contribution in [0.25, 0.3) is 0 Å². The van der Waals surface area contributed by atoms with Crippen molar-refractivity contribution in [2.24, 2.45) is 5.10 Å². The summed E-state index contributed by atoms with van der Waals surface area (Å²) in [5, 5.41) is 7.08. The lowest BCUT2D eigenvalue weighted by molar-refractivity contribution is -0.120. The van der Waals surface area contributed by atoms with Crippen LogP contribution < -0.4 is 5.43 Å². The predicted molar refractivity (Wildman–Crippen MR) is 89.7 cm³/mol. The molecular formula is C15H16BrN3OS. The lowest BCUT2D eigenvalue weighted by atomic mass is 10.1. The molecule has 1 heterocycles. The molecule has 0 radical (unpaired) electrons. The van der Waals surface area contributed by atoms with E-state index in [0.717, 1.165) is 32.9 Å².